The highest BCUT2D eigenvalue weighted by Crippen LogP contribution is 2.52. The van der Waals surface area contributed by atoms with Gasteiger partial charge in [0.15, 0.2) is 11.6 Å². The Morgan fingerprint density at radius 3 is 2.40 bits per heavy atom. The molecular weight excluding hydrogens is 408 g/mol. The number of hydrogen-bond acceptors (Lipinski definition) is 6. The lowest BCUT2D eigenvalue weighted by atomic mass is 9.60. The molecule has 6 nitrogen and oxygen atoms in total. The van der Waals surface area contributed by atoms with Gasteiger partial charge in [0.25, 0.3) is 0 Å². The van der Waals surface area contributed by atoms with Gasteiger partial charge in [-0.25, -0.2) is 4.79 Å². The number of ether oxygens (including phenoxy) is 3. The van der Waals surface area contributed by atoms with E-state index in [0.29, 0.717) is 55.0 Å². The third kappa shape index (κ3) is 3.35. The summed E-state index contributed by atoms with van der Waals surface area (Å²) in [6.07, 6.45) is 1.93. The van der Waals surface area contributed by atoms with Crippen LogP contribution in [-0.2, 0) is 29.2 Å². The largest absolute Gasteiger partial charge is 0.506 e. The molecule has 30 heavy (non-hydrogen) atoms. The van der Waals surface area contributed by atoms with Gasteiger partial charge in [0.1, 0.15) is 11.3 Å². The van der Waals surface area contributed by atoms with E-state index in [2.05, 4.69) is 13.8 Å². The third-order valence-electron chi connectivity index (χ3n) is 6.45. The fourth-order valence-corrected chi connectivity index (χ4v) is 4.88. The van der Waals surface area contributed by atoms with Gasteiger partial charge < -0.3 is 19.3 Å². The van der Waals surface area contributed by atoms with Crippen molar-refractivity contribution in [3.8, 4) is 0 Å². The number of fused-ring (bicyclic) bond motifs is 2. The van der Waals surface area contributed by atoms with Crippen LogP contribution in [0, 0.1) is 5.41 Å². The fourth-order valence-electron chi connectivity index (χ4n) is 4.71. The highest BCUT2D eigenvalue weighted by molar-refractivity contribution is 6.31. The minimum atomic E-state index is -0.945. The highest BCUT2D eigenvalue weighted by atomic mass is 35.5. The summed E-state index contributed by atoms with van der Waals surface area (Å²) < 4.78 is 17.3. The summed E-state index contributed by atoms with van der Waals surface area (Å²) in [5.41, 5.74) is -0.190. The summed E-state index contributed by atoms with van der Waals surface area (Å²) in [4.78, 5) is 26.2. The predicted octanol–water partition coefficient (Wildman–Crippen LogP) is 4.34. The number of rotatable bonds is 2. The monoisotopic (exact) mass is 434 g/mol. The van der Waals surface area contributed by atoms with Crippen molar-refractivity contribution >= 4 is 29.1 Å². The van der Waals surface area contributed by atoms with Gasteiger partial charge in [-0.2, -0.15) is 0 Å². The van der Waals surface area contributed by atoms with E-state index in [1.165, 1.54) is 0 Å². The number of halogens is 1. The van der Waals surface area contributed by atoms with E-state index in [1.807, 2.05) is 0 Å². The molecule has 1 aliphatic heterocycles. The van der Waals surface area contributed by atoms with Crippen LogP contribution >= 0.6 is 11.6 Å². The number of esters is 1. The Labute approximate surface area is 181 Å². The number of aliphatic hydroxyl groups is 1. The first kappa shape index (κ1) is 21.3. The fraction of sp³-hybridized carbons (Fsp3) is 0.565. The summed E-state index contributed by atoms with van der Waals surface area (Å²) >= 11 is 6.16. The Balaban J connectivity index is 1.72. The maximum Gasteiger partial charge on any atom is 0.345 e. The van der Waals surface area contributed by atoms with E-state index in [1.54, 1.807) is 25.1 Å². The average Bonchev–Trinajstić information content (AvgIpc) is 2.71. The van der Waals surface area contributed by atoms with E-state index >= 15 is 0 Å². The first-order chi connectivity index (χ1) is 14.1. The van der Waals surface area contributed by atoms with E-state index in [0.717, 1.165) is 0 Å². The average molecular weight is 435 g/mol. The number of Topliss-reactive ketones (excluding diaryl/α,β-unsaturated/α-hetero) is 1. The summed E-state index contributed by atoms with van der Waals surface area (Å²) in [6, 6.07) is 5.08. The van der Waals surface area contributed by atoms with Crippen LogP contribution in [0.1, 0.15) is 57.6 Å². The van der Waals surface area contributed by atoms with Gasteiger partial charge in [-0.15, -0.1) is 0 Å². The summed E-state index contributed by atoms with van der Waals surface area (Å²) in [5.74, 6) is -2.29. The summed E-state index contributed by atoms with van der Waals surface area (Å²) in [6.45, 7) is 7.14. The van der Waals surface area contributed by atoms with Crippen molar-refractivity contribution in [2.45, 2.75) is 57.7 Å². The number of carbonyl (C=O) groups is 2. The van der Waals surface area contributed by atoms with Gasteiger partial charge in [0.05, 0.1) is 25.2 Å². The van der Waals surface area contributed by atoms with Crippen molar-refractivity contribution < 1.29 is 28.9 Å². The topological polar surface area (TPSA) is 82.1 Å². The second kappa shape index (κ2) is 7.36. The molecule has 162 valence electrons. The Bertz CT molecular complexity index is 912. The molecule has 1 saturated heterocycles. The number of ketones is 1. The van der Waals surface area contributed by atoms with Crippen molar-refractivity contribution in [3.63, 3.8) is 0 Å². The second-order valence-electron chi connectivity index (χ2n) is 9.20. The van der Waals surface area contributed by atoms with Crippen LogP contribution < -0.4 is 0 Å². The number of aliphatic hydroxyl groups excluding tert-OH is 1. The molecule has 3 aliphatic rings. The van der Waals surface area contributed by atoms with E-state index in [-0.39, 0.29) is 23.4 Å². The van der Waals surface area contributed by atoms with Gasteiger partial charge in [-0.05, 0) is 37.5 Å². The molecule has 1 N–H and O–H groups in total. The molecule has 1 saturated carbocycles. The third-order valence-corrected chi connectivity index (χ3v) is 6.68. The quantitative estimate of drug-likeness (QED) is 0.551. The molecule has 1 heterocycles. The van der Waals surface area contributed by atoms with Gasteiger partial charge >= 0.3 is 5.97 Å². The number of hydrogen-bond donors (Lipinski definition) is 1. The van der Waals surface area contributed by atoms with Crippen molar-refractivity contribution in [2.24, 2.45) is 5.41 Å². The second-order valence-corrected chi connectivity index (χ2v) is 9.63. The molecule has 0 aromatic heterocycles. The molecule has 0 radical (unpaired) electrons. The highest BCUT2D eigenvalue weighted by Gasteiger charge is 2.55. The van der Waals surface area contributed by atoms with Gasteiger partial charge in [0.2, 0.25) is 0 Å². The Kier molecular flexibility index (Phi) is 5.24. The minimum absolute atomic E-state index is 0.0456. The lowest BCUT2D eigenvalue weighted by molar-refractivity contribution is -0.312. The smallest absolute Gasteiger partial charge is 0.345 e. The molecule has 7 heteroatoms. The number of benzene rings is 1. The molecule has 0 amide bonds. The zero-order valence-electron chi connectivity index (χ0n) is 17.5. The maximum atomic E-state index is 13.6. The van der Waals surface area contributed by atoms with Crippen LogP contribution in [0.5, 0.6) is 0 Å². The van der Waals surface area contributed by atoms with Crippen molar-refractivity contribution in [1.29, 1.82) is 0 Å². The van der Waals surface area contributed by atoms with Crippen LogP contribution in [0.4, 0.5) is 0 Å². The van der Waals surface area contributed by atoms with Crippen LogP contribution in [0.3, 0.4) is 0 Å². The Morgan fingerprint density at radius 2 is 1.80 bits per heavy atom. The van der Waals surface area contributed by atoms with Gasteiger partial charge in [-0.3, -0.25) is 4.79 Å². The van der Waals surface area contributed by atoms with Crippen LogP contribution in [0.25, 0.3) is 5.76 Å². The standard InChI is InChI=1S/C23H27ClO6/c1-4-28-20(27)17-18(25)15-11-14(24)5-6-16(15)22(19(17)26)7-9-23(10-8-22)29-12-21(2,3)13-30-23/h5-6,11,25H,4,7-10,12-13H2,1-3H3. The van der Waals surface area contributed by atoms with Gasteiger partial charge in [-0.1, -0.05) is 31.5 Å². The SMILES string of the molecule is CCOC(=O)C1=C(O)c2cc(Cl)ccc2C2(CCC3(CC2)OCC(C)(C)CO3)C1=O. The Hall–Kier alpha value is -1.89. The molecule has 2 fully saturated rings. The first-order valence-electron chi connectivity index (χ1n) is 10.4. The summed E-state index contributed by atoms with van der Waals surface area (Å²) in [5, 5.41) is 11.2. The Morgan fingerprint density at radius 1 is 1.17 bits per heavy atom. The van der Waals surface area contributed by atoms with Crippen LogP contribution in [0.2, 0.25) is 5.02 Å². The van der Waals surface area contributed by atoms with Crippen LogP contribution in [-0.4, -0.2) is 42.5 Å². The molecule has 2 aliphatic carbocycles. The maximum absolute atomic E-state index is 13.6. The van der Waals surface area contributed by atoms with Crippen molar-refractivity contribution in [2.75, 3.05) is 19.8 Å². The predicted molar refractivity (Wildman–Crippen MR) is 111 cm³/mol. The van der Waals surface area contributed by atoms with Gasteiger partial charge in [0, 0.05) is 28.8 Å². The zero-order valence-corrected chi connectivity index (χ0v) is 18.3. The molecule has 0 unspecified atom stereocenters. The van der Waals surface area contributed by atoms with E-state index in [9.17, 15) is 14.7 Å². The first-order valence-corrected chi connectivity index (χ1v) is 10.7. The minimum Gasteiger partial charge on any atom is -0.506 e. The molecule has 4 rings (SSSR count). The van der Waals surface area contributed by atoms with E-state index < -0.39 is 23.0 Å². The lowest BCUT2D eigenvalue weighted by Gasteiger charge is -2.50. The van der Waals surface area contributed by atoms with Crippen molar-refractivity contribution in [1.82, 2.24) is 0 Å². The molecule has 1 aromatic rings. The number of carbonyl (C=O) groups excluding carboxylic acids is 2. The zero-order chi connectivity index (χ0) is 21.7. The molecule has 1 aromatic carbocycles. The van der Waals surface area contributed by atoms with E-state index in [4.69, 9.17) is 25.8 Å². The van der Waals surface area contributed by atoms with Crippen molar-refractivity contribution in [3.05, 3.63) is 39.9 Å². The molecular formula is C23H27ClO6. The normalized spacial score (nSPS) is 24.1. The summed E-state index contributed by atoms with van der Waals surface area (Å²) in [7, 11) is 0. The lowest BCUT2D eigenvalue weighted by Crippen LogP contribution is -2.54. The molecule has 0 bridgehead atoms. The molecule has 0 atom stereocenters. The van der Waals surface area contributed by atoms with Crippen LogP contribution in [0.15, 0.2) is 23.8 Å². The molecule has 2 spiro atoms.